The van der Waals surface area contributed by atoms with Crippen LogP contribution >= 0.6 is 11.6 Å². The number of hydrogen-bond donors (Lipinski definition) is 2. The van der Waals surface area contributed by atoms with Crippen molar-refractivity contribution in [2.75, 3.05) is 11.9 Å². The molecule has 2 heterocycles. The van der Waals surface area contributed by atoms with Crippen molar-refractivity contribution in [2.24, 2.45) is 0 Å². The smallest absolute Gasteiger partial charge is 0.251 e. The summed E-state index contributed by atoms with van der Waals surface area (Å²) in [5.41, 5.74) is 3.80. The van der Waals surface area contributed by atoms with Gasteiger partial charge in [0.05, 0.1) is 6.20 Å². The number of benzene rings is 2. The van der Waals surface area contributed by atoms with Gasteiger partial charge in [0.2, 0.25) is 0 Å². The number of anilines is 2. The van der Waals surface area contributed by atoms with Crippen molar-refractivity contribution in [2.45, 2.75) is 6.92 Å². The van der Waals surface area contributed by atoms with Crippen LogP contribution in [0, 0.1) is 0 Å². The van der Waals surface area contributed by atoms with Gasteiger partial charge >= 0.3 is 0 Å². The van der Waals surface area contributed by atoms with Crippen molar-refractivity contribution in [3.63, 3.8) is 0 Å². The Balaban J connectivity index is 1.78. The monoisotopic (exact) mass is 391 g/mol. The van der Waals surface area contributed by atoms with Gasteiger partial charge in [0.1, 0.15) is 11.5 Å². The molecule has 0 saturated heterocycles. The molecular weight excluding hydrogens is 374 g/mol. The number of nitrogens with zero attached hydrogens (tertiary/aromatic N) is 3. The van der Waals surface area contributed by atoms with Crippen molar-refractivity contribution in [1.29, 1.82) is 0 Å². The highest BCUT2D eigenvalue weighted by molar-refractivity contribution is 6.30. The molecule has 2 N–H and O–H groups in total. The SMILES string of the molecule is CCNC(=O)c1cccc(Nc2c(-c3ccc(Cl)cc3)nc3cnccn23)c1. The van der Waals surface area contributed by atoms with Gasteiger partial charge in [-0.25, -0.2) is 4.98 Å². The lowest BCUT2D eigenvalue weighted by atomic mass is 10.1. The van der Waals surface area contributed by atoms with Crippen molar-refractivity contribution in [3.8, 4) is 11.3 Å². The Kier molecular flexibility index (Phi) is 4.95. The maximum Gasteiger partial charge on any atom is 0.251 e. The van der Waals surface area contributed by atoms with Crippen molar-refractivity contribution < 1.29 is 4.79 Å². The highest BCUT2D eigenvalue weighted by Crippen LogP contribution is 2.31. The van der Waals surface area contributed by atoms with Gasteiger partial charge < -0.3 is 10.6 Å². The molecule has 2 aromatic heterocycles. The molecule has 28 heavy (non-hydrogen) atoms. The van der Waals surface area contributed by atoms with E-state index in [1.54, 1.807) is 18.5 Å². The van der Waals surface area contributed by atoms with E-state index in [2.05, 4.69) is 15.6 Å². The van der Waals surface area contributed by atoms with Crippen molar-refractivity contribution in [3.05, 3.63) is 77.7 Å². The van der Waals surface area contributed by atoms with Crippen molar-refractivity contribution >= 4 is 34.7 Å². The number of carbonyl (C=O) groups is 1. The summed E-state index contributed by atoms with van der Waals surface area (Å²) in [6, 6.07) is 14.9. The summed E-state index contributed by atoms with van der Waals surface area (Å²) in [7, 11) is 0. The lowest BCUT2D eigenvalue weighted by Gasteiger charge is -2.10. The summed E-state index contributed by atoms with van der Waals surface area (Å²) in [5, 5.41) is 6.89. The molecule has 2 aromatic carbocycles. The van der Waals surface area contributed by atoms with Gasteiger partial charge in [-0.15, -0.1) is 0 Å². The predicted octanol–water partition coefficient (Wildman–Crippen LogP) is 4.54. The summed E-state index contributed by atoms with van der Waals surface area (Å²) >= 11 is 6.03. The Labute approximate surface area is 167 Å². The zero-order valence-electron chi connectivity index (χ0n) is 15.2. The highest BCUT2D eigenvalue weighted by atomic mass is 35.5. The van der Waals surface area contributed by atoms with Crippen LogP contribution < -0.4 is 10.6 Å². The van der Waals surface area contributed by atoms with E-state index in [4.69, 9.17) is 16.6 Å². The van der Waals surface area contributed by atoms with Crippen LogP contribution in [0.2, 0.25) is 5.02 Å². The Morgan fingerprint density at radius 1 is 1.18 bits per heavy atom. The molecule has 4 rings (SSSR count). The number of rotatable bonds is 5. The fourth-order valence-corrected chi connectivity index (χ4v) is 3.10. The van der Waals surface area contributed by atoms with Crippen LogP contribution in [-0.2, 0) is 0 Å². The van der Waals surface area contributed by atoms with E-state index >= 15 is 0 Å². The number of aromatic nitrogens is 3. The maximum atomic E-state index is 12.2. The molecule has 7 heteroatoms. The zero-order valence-corrected chi connectivity index (χ0v) is 15.9. The molecule has 140 valence electrons. The highest BCUT2D eigenvalue weighted by Gasteiger charge is 2.15. The van der Waals surface area contributed by atoms with Crippen LogP contribution in [0.1, 0.15) is 17.3 Å². The lowest BCUT2D eigenvalue weighted by Crippen LogP contribution is -2.22. The van der Waals surface area contributed by atoms with E-state index in [-0.39, 0.29) is 5.91 Å². The van der Waals surface area contributed by atoms with Crippen LogP contribution in [-0.4, -0.2) is 26.8 Å². The molecule has 4 aromatic rings. The fourth-order valence-electron chi connectivity index (χ4n) is 2.97. The first-order valence-electron chi connectivity index (χ1n) is 8.89. The van der Waals surface area contributed by atoms with Gasteiger partial charge in [0, 0.05) is 40.8 Å². The van der Waals surface area contributed by atoms with E-state index in [1.807, 2.05) is 60.0 Å². The Morgan fingerprint density at radius 3 is 2.79 bits per heavy atom. The molecule has 6 nitrogen and oxygen atoms in total. The van der Waals surface area contributed by atoms with Gasteiger partial charge in [-0.3, -0.25) is 14.2 Å². The normalized spacial score (nSPS) is 10.8. The molecule has 1 amide bonds. The molecule has 0 aliphatic carbocycles. The number of nitrogens with one attached hydrogen (secondary N) is 2. The Hall–Kier alpha value is -3.38. The maximum absolute atomic E-state index is 12.2. The largest absolute Gasteiger partial charge is 0.352 e. The predicted molar refractivity (Wildman–Crippen MR) is 111 cm³/mol. The number of fused-ring (bicyclic) bond motifs is 1. The third-order valence-corrected chi connectivity index (χ3v) is 4.52. The van der Waals surface area contributed by atoms with E-state index in [9.17, 15) is 4.79 Å². The zero-order chi connectivity index (χ0) is 19.5. The van der Waals surface area contributed by atoms with E-state index in [0.717, 1.165) is 28.4 Å². The van der Waals surface area contributed by atoms with Gasteiger partial charge in [-0.2, -0.15) is 0 Å². The van der Waals surface area contributed by atoms with Gasteiger partial charge in [-0.1, -0.05) is 29.8 Å². The first kappa shape index (κ1) is 18.0. The summed E-state index contributed by atoms with van der Waals surface area (Å²) in [5.74, 6) is 0.680. The Morgan fingerprint density at radius 2 is 2.00 bits per heavy atom. The van der Waals surface area contributed by atoms with E-state index < -0.39 is 0 Å². The first-order chi connectivity index (χ1) is 13.7. The summed E-state index contributed by atoms with van der Waals surface area (Å²) in [6.45, 7) is 2.47. The fraction of sp³-hybridized carbons (Fsp3) is 0.0952. The molecular formula is C21H18ClN5O. The number of carbonyl (C=O) groups excluding carboxylic acids is 1. The average Bonchev–Trinajstić information content (AvgIpc) is 3.07. The van der Waals surface area contributed by atoms with Crippen LogP contribution in [0.5, 0.6) is 0 Å². The average molecular weight is 392 g/mol. The third-order valence-electron chi connectivity index (χ3n) is 4.27. The first-order valence-corrected chi connectivity index (χ1v) is 9.27. The van der Waals surface area contributed by atoms with Crippen LogP contribution in [0.3, 0.4) is 0 Å². The molecule has 0 bridgehead atoms. The lowest BCUT2D eigenvalue weighted by molar-refractivity contribution is 0.0956. The number of imidazole rings is 1. The second-order valence-electron chi connectivity index (χ2n) is 6.19. The minimum atomic E-state index is -0.105. The second-order valence-corrected chi connectivity index (χ2v) is 6.62. The molecule has 0 fully saturated rings. The van der Waals surface area contributed by atoms with Gasteiger partial charge in [0.25, 0.3) is 5.91 Å². The minimum absolute atomic E-state index is 0.105. The molecule has 0 unspecified atom stereocenters. The number of halogens is 1. The van der Waals surface area contributed by atoms with Gasteiger partial charge in [-0.05, 0) is 37.3 Å². The van der Waals surface area contributed by atoms with Crippen LogP contribution in [0.25, 0.3) is 16.9 Å². The molecule has 0 aliphatic heterocycles. The molecule has 0 atom stereocenters. The second kappa shape index (κ2) is 7.70. The minimum Gasteiger partial charge on any atom is -0.352 e. The number of hydrogen-bond acceptors (Lipinski definition) is 4. The topological polar surface area (TPSA) is 71.3 Å². The van der Waals surface area contributed by atoms with E-state index in [0.29, 0.717) is 17.1 Å². The molecule has 0 saturated carbocycles. The summed E-state index contributed by atoms with van der Waals surface area (Å²) in [6.07, 6.45) is 5.25. The standard InChI is InChI=1S/C21H18ClN5O/c1-2-24-21(28)15-4-3-5-17(12-15)25-20-19(14-6-8-16(22)9-7-14)26-18-13-23-10-11-27(18)20/h3-13,25H,2H2,1H3,(H,24,28). The van der Waals surface area contributed by atoms with Crippen LogP contribution in [0.15, 0.2) is 67.1 Å². The summed E-state index contributed by atoms with van der Waals surface area (Å²) < 4.78 is 1.93. The number of amides is 1. The molecule has 0 spiro atoms. The molecule has 0 aliphatic rings. The Bertz CT molecular complexity index is 1140. The van der Waals surface area contributed by atoms with Gasteiger partial charge in [0.15, 0.2) is 5.65 Å². The third kappa shape index (κ3) is 3.54. The molecule has 0 radical (unpaired) electrons. The van der Waals surface area contributed by atoms with Crippen molar-refractivity contribution in [1.82, 2.24) is 19.7 Å². The van der Waals surface area contributed by atoms with E-state index in [1.165, 1.54) is 0 Å². The quantitative estimate of drug-likeness (QED) is 0.523. The summed E-state index contributed by atoms with van der Waals surface area (Å²) in [4.78, 5) is 21.0. The van der Waals surface area contributed by atoms with Crippen LogP contribution in [0.4, 0.5) is 11.5 Å².